The minimum absolute atomic E-state index is 0.122. The van der Waals surface area contributed by atoms with Crippen molar-refractivity contribution in [3.8, 4) is 22.8 Å². The van der Waals surface area contributed by atoms with E-state index in [1.165, 1.54) is 6.20 Å². The first-order valence-corrected chi connectivity index (χ1v) is 10.8. The van der Waals surface area contributed by atoms with Crippen LogP contribution < -0.4 is 9.64 Å². The molecule has 3 aromatic heterocycles. The van der Waals surface area contributed by atoms with Crippen molar-refractivity contribution >= 4 is 17.3 Å². The van der Waals surface area contributed by atoms with Crippen molar-refractivity contribution in [2.24, 2.45) is 0 Å². The SMILES string of the molecule is Cc1cc(Cl)nn1-c1ccc(N2CCn3c(C)nc(-c4cccnc4OC(F)F)c3C2)cc1. The van der Waals surface area contributed by atoms with Gasteiger partial charge in [-0.25, -0.2) is 14.6 Å². The zero-order chi connectivity index (χ0) is 23.1. The van der Waals surface area contributed by atoms with Crippen LogP contribution in [-0.4, -0.2) is 37.5 Å². The van der Waals surface area contributed by atoms with Gasteiger partial charge in [0, 0.05) is 30.7 Å². The molecule has 1 aromatic carbocycles. The topological polar surface area (TPSA) is 61.0 Å². The molecule has 33 heavy (non-hydrogen) atoms. The van der Waals surface area contributed by atoms with Crippen molar-refractivity contribution in [1.29, 1.82) is 0 Å². The molecule has 0 bridgehead atoms. The van der Waals surface area contributed by atoms with E-state index < -0.39 is 6.61 Å². The van der Waals surface area contributed by atoms with Gasteiger partial charge < -0.3 is 14.2 Å². The molecule has 4 heterocycles. The Morgan fingerprint density at radius 1 is 1.06 bits per heavy atom. The maximum atomic E-state index is 12.9. The fourth-order valence-electron chi connectivity index (χ4n) is 4.24. The Morgan fingerprint density at radius 2 is 1.82 bits per heavy atom. The number of imidazole rings is 1. The molecule has 0 atom stereocenters. The van der Waals surface area contributed by atoms with Gasteiger partial charge in [-0.05, 0) is 56.3 Å². The predicted molar refractivity (Wildman–Crippen MR) is 121 cm³/mol. The molecule has 4 aromatic rings. The van der Waals surface area contributed by atoms with Crippen molar-refractivity contribution in [1.82, 2.24) is 24.3 Å². The molecule has 1 aliphatic heterocycles. The molecule has 0 fully saturated rings. The Labute approximate surface area is 194 Å². The Balaban J connectivity index is 1.46. The molecule has 0 radical (unpaired) electrons. The van der Waals surface area contributed by atoms with Crippen LogP contribution in [0.4, 0.5) is 14.5 Å². The van der Waals surface area contributed by atoms with Crippen LogP contribution in [0.5, 0.6) is 5.88 Å². The first-order valence-electron chi connectivity index (χ1n) is 10.4. The van der Waals surface area contributed by atoms with Crippen molar-refractivity contribution < 1.29 is 13.5 Å². The van der Waals surface area contributed by atoms with Crippen LogP contribution in [0.15, 0.2) is 48.7 Å². The number of rotatable bonds is 5. The predicted octanol–water partition coefficient (Wildman–Crippen LogP) is 5.02. The molecule has 0 amide bonds. The number of aromatic nitrogens is 5. The number of fused-ring (bicyclic) bond motifs is 1. The second-order valence-electron chi connectivity index (χ2n) is 7.80. The van der Waals surface area contributed by atoms with E-state index in [9.17, 15) is 8.78 Å². The number of nitrogens with zero attached hydrogens (tertiary/aromatic N) is 6. The zero-order valence-electron chi connectivity index (χ0n) is 18.0. The van der Waals surface area contributed by atoms with E-state index in [0.29, 0.717) is 23.0 Å². The smallest absolute Gasteiger partial charge is 0.388 e. The molecule has 5 rings (SSSR count). The number of benzene rings is 1. The fraction of sp³-hybridized carbons (Fsp3) is 0.261. The van der Waals surface area contributed by atoms with Crippen LogP contribution in [-0.2, 0) is 13.1 Å². The lowest BCUT2D eigenvalue weighted by molar-refractivity contribution is -0.0524. The maximum Gasteiger partial charge on any atom is 0.388 e. The largest absolute Gasteiger partial charge is 0.416 e. The molecule has 0 spiro atoms. The Morgan fingerprint density at radius 3 is 2.52 bits per heavy atom. The highest BCUT2D eigenvalue weighted by Gasteiger charge is 2.26. The number of anilines is 1. The summed E-state index contributed by atoms with van der Waals surface area (Å²) >= 11 is 6.02. The van der Waals surface area contributed by atoms with Crippen molar-refractivity contribution in [2.45, 2.75) is 33.5 Å². The van der Waals surface area contributed by atoms with Crippen molar-refractivity contribution in [2.75, 3.05) is 11.4 Å². The minimum atomic E-state index is -2.96. The highest BCUT2D eigenvalue weighted by molar-refractivity contribution is 6.29. The van der Waals surface area contributed by atoms with Crippen LogP contribution in [0.3, 0.4) is 0 Å². The monoisotopic (exact) mass is 470 g/mol. The molecule has 0 unspecified atom stereocenters. The van der Waals surface area contributed by atoms with E-state index in [4.69, 9.17) is 11.6 Å². The first-order chi connectivity index (χ1) is 15.9. The first kappa shape index (κ1) is 21.4. The van der Waals surface area contributed by atoms with Gasteiger partial charge in [-0.15, -0.1) is 0 Å². The van der Waals surface area contributed by atoms with Gasteiger partial charge in [0.1, 0.15) is 5.82 Å². The summed E-state index contributed by atoms with van der Waals surface area (Å²) < 4.78 is 34.4. The van der Waals surface area contributed by atoms with Crippen molar-refractivity contribution in [3.05, 3.63) is 71.0 Å². The van der Waals surface area contributed by atoms with Crippen LogP contribution in [0.25, 0.3) is 16.9 Å². The van der Waals surface area contributed by atoms with Crippen LogP contribution >= 0.6 is 11.6 Å². The standard InChI is InChI=1S/C23H21ClF2N6O/c1-14-12-20(24)29-32(14)17-7-5-16(6-8-17)30-10-11-31-15(2)28-21(19(31)13-30)18-4-3-9-27-22(18)33-23(25)26/h3-9,12,23H,10-11,13H2,1-2H3. The summed E-state index contributed by atoms with van der Waals surface area (Å²) in [5.74, 6) is 0.705. The molecule has 0 saturated heterocycles. The van der Waals surface area contributed by atoms with E-state index in [1.807, 2.05) is 44.2 Å². The number of hydrogen-bond donors (Lipinski definition) is 0. The van der Waals surface area contributed by atoms with E-state index >= 15 is 0 Å². The Kier molecular flexibility index (Phi) is 5.49. The number of aryl methyl sites for hydroxylation is 2. The molecule has 1 aliphatic rings. The normalized spacial score (nSPS) is 13.5. The van der Waals surface area contributed by atoms with Gasteiger partial charge in [-0.3, -0.25) is 0 Å². The van der Waals surface area contributed by atoms with Gasteiger partial charge in [-0.1, -0.05) is 11.6 Å². The maximum absolute atomic E-state index is 12.9. The summed E-state index contributed by atoms with van der Waals surface area (Å²) in [6.45, 7) is 3.01. The average Bonchev–Trinajstić information content (AvgIpc) is 3.31. The second-order valence-corrected chi connectivity index (χ2v) is 8.19. The minimum Gasteiger partial charge on any atom is -0.416 e. The summed E-state index contributed by atoms with van der Waals surface area (Å²) in [6, 6.07) is 13.3. The molecular weight excluding hydrogens is 450 g/mol. The molecule has 0 saturated carbocycles. The van der Waals surface area contributed by atoms with Gasteiger partial charge in [0.15, 0.2) is 5.15 Å². The Hall–Kier alpha value is -3.46. The number of pyridine rings is 1. The third kappa shape index (κ3) is 4.04. The average molecular weight is 471 g/mol. The molecule has 0 N–H and O–H groups in total. The summed E-state index contributed by atoms with van der Waals surface area (Å²) in [5.41, 5.74) is 4.92. The van der Waals surface area contributed by atoms with Gasteiger partial charge in [0.25, 0.3) is 0 Å². The number of hydrogen-bond acceptors (Lipinski definition) is 5. The summed E-state index contributed by atoms with van der Waals surface area (Å²) in [4.78, 5) is 10.9. The number of halogens is 3. The van der Waals surface area contributed by atoms with Crippen LogP contribution in [0, 0.1) is 13.8 Å². The third-order valence-corrected chi connectivity index (χ3v) is 5.93. The second kappa shape index (κ2) is 8.47. The Bertz CT molecular complexity index is 1300. The van der Waals surface area contributed by atoms with Crippen molar-refractivity contribution in [3.63, 3.8) is 0 Å². The highest BCUT2D eigenvalue weighted by atomic mass is 35.5. The quantitative estimate of drug-likeness (QED) is 0.410. The van der Waals surface area contributed by atoms with Crippen LogP contribution in [0.1, 0.15) is 17.2 Å². The molecule has 170 valence electrons. The lowest BCUT2D eigenvalue weighted by Gasteiger charge is -2.31. The lowest BCUT2D eigenvalue weighted by Crippen LogP contribution is -2.34. The summed E-state index contributed by atoms with van der Waals surface area (Å²) in [6.07, 6.45) is 1.43. The zero-order valence-corrected chi connectivity index (χ0v) is 18.8. The summed E-state index contributed by atoms with van der Waals surface area (Å²) in [7, 11) is 0. The van der Waals surface area contributed by atoms with E-state index in [2.05, 4.69) is 29.3 Å². The molecule has 0 aliphatic carbocycles. The van der Waals surface area contributed by atoms with E-state index in [1.54, 1.807) is 16.8 Å². The van der Waals surface area contributed by atoms with E-state index in [0.717, 1.165) is 41.7 Å². The molecule has 10 heteroatoms. The van der Waals surface area contributed by atoms with Gasteiger partial charge >= 0.3 is 6.61 Å². The van der Waals surface area contributed by atoms with Crippen LogP contribution in [0.2, 0.25) is 5.15 Å². The molecular formula is C23H21ClF2N6O. The highest BCUT2D eigenvalue weighted by Crippen LogP contribution is 2.34. The lowest BCUT2D eigenvalue weighted by atomic mass is 10.1. The third-order valence-electron chi connectivity index (χ3n) is 5.74. The van der Waals surface area contributed by atoms with Gasteiger partial charge in [-0.2, -0.15) is 13.9 Å². The van der Waals surface area contributed by atoms with E-state index in [-0.39, 0.29) is 5.88 Å². The molecule has 7 nitrogen and oxygen atoms in total. The summed E-state index contributed by atoms with van der Waals surface area (Å²) in [5, 5.41) is 4.77. The number of ether oxygens (including phenoxy) is 1. The number of alkyl halides is 2. The van der Waals surface area contributed by atoms with Gasteiger partial charge in [0.2, 0.25) is 5.88 Å². The fourth-order valence-corrected chi connectivity index (χ4v) is 4.47. The van der Waals surface area contributed by atoms with Gasteiger partial charge in [0.05, 0.1) is 29.2 Å².